The number of nitrogens with zero attached hydrogens (tertiary/aromatic N) is 2. The predicted molar refractivity (Wildman–Crippen MR) is 119 cm³/mol. The quantitative estimate of drug-likeness (QED) is 0.769. The molecule has 1 aromatic carbocycles. The summed E-state index contributed by atoms with van der Waals surface area (Å²) in [6, 6.07) is 9.31. The van der Waals surface area contributed by atoms with Crippen LogP contribution in [0.2, 0.25) is 0 Å². The van der Waals surface area contributed by atoms with Gasteiger partial charge in [-0.2, -0.15) is 0 Å². The molecule has 5 heteroatoms. The molecule has 5 rings (SSSR count). The van der Waals surface area contributed by atoms with Crippen molar-refractivity contribution in [2.24, 2.45) is 11.8 Å². The van der Waals surface area contributed by atoms with Crippen LogP contribution >= 0.6 is 0 Å². The number of rotatable bonds is 4. The van der Waals surface area contributed by atoms with Gasteiger partial charge in [-0.05, 0) is 74.6 Å². The van der Waals surface area contributed by atoms with Crippen molar-refractivity contribution in [2.45, 2.75) is 57.0 Å². The topological polar surface area (TPSA) is 44.8 Å². The van der Waals surface area contributed by atoms with E-state index in [0.717, 1.165) is 31.2 Å². The molecule has 0 saturated carbocycles. The fourth-order valence-corrected chi connectivity index (χ4v) is 6.41. The molecular weight excluding hydrogens is 374 g/mol. The smallest absolute Gasteiger partial charge is 0.317 e. The lowest BCUT2D eigenvalue weighted by atomic mass is 9.68. The molecular formula is C25H35N3O2. The number of ether oxygens (including phenoxy) is 1. The number of carbonyl (C=O) groups excluding carboxylic acids is 1. The van der Waals surface area contributed by atoms with E-state index in [0.29, 0.717) is 24.4 Å². The number of piperidine rings is 3. The van der Waals surface area contributed by atoms with E-state index in [1.54, 1.807) is 12.7 Å². The molecule has 1 aliphatic carbocycles. The van der Waals surface area contributed by atoms with Crippen molar-refractivity contribution >= 4 is 6.03 Å². The largest absolute Gasteiger partial charge is 0.497 e. The molecule has 3 saturated heterocycles. The summed E-state index contributed by atoms with van der Waals surface area (Å²) in [6.07, 6.45) is 11.1. The second-order valence-corrected chi connectivity index (χ2v) is 9.53. The van der Waals surface area contributed by atoms with Gasteiger partial charge in [-0.3, -0.25) is 4.90 Å². The highest BCUT2D eigenvalue weighted by molar-refractivity contribution is 5.75. The fourth-order valence-electron chi connectivity index (χ4n) is 6.41. The molecule has 2 bridgehead atoms. The van der Waals surface area contributed by atoms with Crippen LogP contribution in [0.15, 0.2) is 35.9 Å². The number of urea groups is 1. The van der Waals surface area contributed by atoms with E-state index in [4.69, 9.17) is 4.74 Å². The van der Waals surface area contributed by atoms with Gasteiger partial charge in [0.15, 0.2) is 0 Å². The zero-order valence-corrected chi connectivity index (χ0v) is 18.2. The Morgan fingerprint density at radius 2 is 2.03 bits per heavy atom. The minimum atomic E-state index is 0.123. The van der Waals surface area contributed by atoms with Gasteiger partial charge >= 0.3 is 6.03 Å². The first-order valence-electron chi connectivity index (χ1n) is 11.8. The zero-order valence-electron chi connectivity index (χ0n) is 18.2. The summed E-state index contributed by atoms with van der Waals surface area (Å²) in [5.41, 5.74) is 2.78. The van der Waals surface area contributed by atoms with E-state index in [1.807, 2.05) is 12.1 Å². The molecule has 4 aliphatic rings. The van der Waals surface area contributed by atoms with Crippen LogP contribution in [0.3, 0.4) is 0 Å². The minimum Gasteiger partial charge on any atom is -0.497 e. The number of benzene rings is 1. The standard InChI is InChI=1S/C25H35N3O2/c1-30-22-9-7-18(8-10-22)11-12-26-25(29)28-14-4-5-19-15-20-16-21(24(19)28)17-27-13-3-2-6-23(20)27/h7-10,15,20-21,23-24H,2-6,11-14,16-17H2,1H3,(H,26,29)/t20-,21+,23+,24+/m0/s1. The van der Waals surface area contributed by atoms with Crippen LogP contribution in [-0.4, -0.2) is 61.2 Å². The Labute approximate surface area is 180 Å². The maximum Gasteiger partial charge on any atom is 0.317 e. The lowest BCUT2D eigenvalue weighted by Crippen LogP contribution is -2.61. The summed E-state index contributed by atoms with van der Waals surface area (Å²) in [5, 5.41) is 3.21. The molecule has 162 valence electrons. The van der Waals surface area contributed by atoms with Crippen molar-refractivity contribution in [1.29, 1.82) is 0 Å². The van der Waals surface area contributed by atoms with Crippen LogP contribution in [0.5, 0.6) is 5.75 Å². The van der Waals surface area contributed by atoms with Crippen LogP contribution in [0.4, 0.5) is 4.79 Å². The van der Waals surface area contributed by atoms with Crippen molar-refractivity contribution in [3.63, 3.8) is 0 Å². The average molecular weight is 410 g/mol. The number of methoxy groups -OCH3 is 1. The Balaban J connectivity index is 1.23. The third kappa shape index (κ3) is 3.84. The van der Waals surface area contributed by atoms with Crippen molar-refractivity contribution in [1.82, 2.24) is 15.1 Å². The fraction of sp³-hybridized carbons (Fsp3) is 0.640. The molecule has 2 amide bonds. The average Bonchev–Trinajstić information content (AvgIpc) is 2.79. The predicted octanol–water partition coefficient (Wildman–Crippen LogP) is 3.84. The molecule has 30 heavy (non-hydrogen) atoms. The van der Waals surface area contributed by atoms with Gasteiger partial charge in [0.25, 0.3) is 0 Å². The van der Waals surface area contributed by atoms with Crippen LogP contribution in [0.1, 0.15) is 44.1 Å². The minimum absolute atomic E-state index is 0.123. The van der Waals surface area contributed by atoms with Crippen LogP contribution in [0.25, 0.3) is 0 Å². The van der Waals surface area contributed by atoms with Crippen molar-refractivity contribution < 1.29 is 9.53 Å². The molecule has 0 spiro atoms. The lowest BCUT2D eigenvalue weighted by Gasteiger charge is -2.54. The molecule has 5 nitrogen and oxygen atoms in total. The van der Waals surface area contributed by atoms with Gasteiger partial charge < -0.3 is 15.0 Å². The van der Waals surface area contributed by atoms with Crippen molar-refractivity contribution in [2.75, 3.05) is 33.3 Å². The monoisotopic (exact) mass is 409 g/mol. The van der Waals surface area contributed by atoms with E-state index in [9.17, 15) is 4.79 Å². The van der Waals surface area contributed by atoms with E-state index in [1.165, 1.54) is 50.8 Å². The summed E-state index contributed by atoms with van der Waals surface area (Å²) in [7, 11) is 1.68. The molecule has 4 atom stereocenters. The Hall–Kier alpha value is -2.01. The highest BCUT2D eigenvalue weighted by Crippen LogP contribution is 2.44. The first-order valence-corrected chi connectivity index (χ1v) is 11.8. The van der Waals surface area contributed by atoms with Crippen molar-refractivity contribution in [3.05, 3.63) is 41.5 Å². The molecule has 3 heterocycles. The number of hydrogen-bond acceptors (Lipinski definition) is 3. The SMILES string of the molecule is COc1ccc(CCNC(=O)N2CCCC3=C[C@H]4C[C@H](CN5CCCC[C@H]45)[C@@H]32)cc1. The van der Waals surface area contributed by atoms with Crippen molar-refractivity contribution in [3.8, 4) is 5.75 Å². The summed E-state index contributed by atoms with van der Waals surface area (Å²) in [5.74, 6) is 2.19. The summed E-state index contributed by atoms with van der Waals surface area (Å²) in [6.45, 7) is 4.00. The highest BCUT2D eigenvalue weighted by Gasteiger charge is 2.46. The Bertz CT molecular complexity index is 790. The molecule has 3 fully saturated rings. The Kier molecular flexibility index (Phi) is 5.72. The number of likely N-dealkylation sites (tertiary alicyclic amines) is 1. The maximum atomic E-state index is 13.1. The number of nitrogens with one attached hydrogen (secondary N) is 1. The number of fused-ring (bicyclic) bond motifs is 6. The molecule has 0 unspecified atom stereocenters. The zero-order chi connectivity index (χ0) is 20.5. The Morgan fingerprint density at radius 1 is 1.17 bits per heavy atom. The van der Waals surface area contributed by atoms with E-state index < -0.39 is 0 Å². The first kappa shape index (κ1) is 19.9. The van der Waals surface area contributed by atoms with Gasteiger partial charge in [0, 0.05) is 25.7 Å². The van der Waals surface area contributed by atoms with E-state index in [2.05, 4.69) is 33.3 Å². The second-order valence-electron chi connectivity index (χ2n) is 9.53. The molecule has 1 aromatic rings. The lowest BCUT2D eigenvalue weighted by molar-refractivity contribution is 0.00793. The van der Waals surface area contributed by atoms with Crippen LogP contribution < -0.4 is 10.1 Å². The number of amides is 2. The molecule has 1 N–H and O–H groups in total. The van der Waals surface area contributed by atoms with Gasteiger partial charge in [-0.15, -0.1) is 0 Å². The normalized spacial score (nSPS) is 30.7. The summed E-state index contributed by atoms with van der Waals surface area (Å²) < 4.78 is 5.22. The van der Waals surface area contributed by atoms with Crippen LogP contribution in [0, 0.1) is 11.8 Å². The van der Waals surface area contributed by atoms with Crippen LogP contribution in [-0.2, 0) is 6.42 Å². The number of hydrogen-bond donors (Lipinski definition) is 1. The molecule has 0 radical (unpaired) electrons. The van der Waals surface area contributed by atoms with E-state index in [-0.39, 0.29) is 6.03 Å². The van der Waals surface area contributed by atoms with Gasteiger partial charge in [-0.25, -0.2) is 4.79 Å². The third-order valence-electron chi connectivity index (χ3n) is 7.77. The van der Waals surface area contributed by atoms with Gasteiger partial charge in [0.1, 0.15) is 5.75 Å². The second kappa shape index (κ2) is 8.62. The van der Waals surface area contributed by atoms with E-state index >= 15 is 0 Å². The maximum absolute atomic E-state index is 13.1. The summed E-state index contributed by atoms with van der Waals surface area (Å²) >= 11 is 0. The summed E-state index contributed by atoms with van der Waals surface area (Å²) in [4.78, 5) is 18.0. The van der Waals surface area contributed by atoms with Gasteiger partial charge in [0.05, 0.1) is 13.2 Å². The first-order chi connectivity index (χ1) is 14.7. The Morgan fingerprint density at radius 3 is 2.87 bits per heavy atom. The molecule has 0 aromatic heterocycles. The molecule has 3 aliphatic heterocycles. The van der Waals surface area contributed by atoms with Gasteiger partial charge in [0.2, 0.25) is 0 Å². The third-order valence-corrected chi connectivity index (χ3v) is 7.77. The number of carbonyl (C=O) groups is 1. The highest BCUT2D eigenvalue weighted by atomic mass is 16.5. The van der Waals surface area contributed by atoms with Gasteiger partial charge in [-0.1, -0.05) is 30.2 Å².